The number of benzene rings is 2. The number of amides is 3. The Morgan fingerprint density at radius 2 is 1.23 bits per heavy atom. The van der Waals surface area contributed by atoms with Crippen LogP contribution in [0.2, 0.25) is 0 Å². The van der Waals surface area contributed by atoms with E-state index in [-0.39, 0.29) is 24.0 Å². The number of nitrogens with one attached hydrogen (secondary N) is 2. The first-order valence-corrected chi connectivity index (χ1v) is 15.0. The van der Waals surface area contributed by atoms with Gasteiger partial charge >= 0.3 is 6.03 Å². The first-order valence-electron chi connectivity index (χ1n) is 15.0. The van der Waals surface area contributed by atoms with Gasteiger partial charge in [-0.3, -0.25) is 4.79 Å². The van der Waals surface area contributed by atoms with Crippen LogP contribution in [-0.2, 0) is 9.47 Å². The molecule has 3 amide bonds. The van der Waals surface area contributed by atoms with Gasteiger partial charge in [0.15, 0.2) is 5.82 Å². The minimum atomic E-state index is -0.376. The molecule has 3 saturated heterocycles. The summed E-state index contributed by atoms with van der Waals surface area (Å²) < 4.78 is 11.3. The predicted octanol–water partition coefficient (Wildman–Crippen LogP) is 3.87. The van der Waals surface area contributed by atoms with Gasteiger partial charge in [-0.05, 0) is 75.2 Å². The summed E-state index contributed by atoms with van der Waals surface area (Å²) in [6, 6.07) is 14.3. The lowest BCUT2D eigenvalue weighted by Gasteiger charge is -2.36. The maximum absolute atomic E-state index is 12.7. The summed E-state index contributed by atoms with van der Waals surface area (Å²) >= 11 is 0. The van der Waals surface area contributed by atoms with E-state index in [9.17, 15) is 9.59 Å². The number of hydrogen-bond donors (Lipinski definition) is 2. The second-order valence-corrected chi connectivity index (χ2v) is 11.2. The highest BCUT2D eigenvalue weighted by Gasteiger charge is 2.27. The van der Waals surface area contributed by atoms with Gasteiger partial charge in [0.2, 0.25) is 11.9 Å². The van der Waals surface area contributed by atoms with Crippen molar-refractivity contribution in [3.8, 4) is 11.4 Å². The van der Waals surface area contributed by atoms with Crippen molar-refractivity contribution >= 4 is 35.2 Å². The quantitative estimate of drug-likeness (QED) is 0.443. The Morgan fingerprint density at radius 3 is 1.74 bits per heavy atom. The van der Waals surface area contributed by atoms with Crippen LogP contribution in [0, 0.1) is 0 Å². The highest BCUT2D eigenvalue weighted by molar-refractivity contribution is 6.00. The van der Waals surface area contributed by atoms with E-state index in [2.05, 4.69) is 34.3 Å². The van der Waals surface area contributed by atoms with Crippen molar-refractivity contribution in [2.45, 2.75) is 38.8 Å². The Bertz CT molecular complexity index is 1390. The van der Waals surface area contributed by atoms with Gasteiger partial charge < -0.3 is 34.8 Å². The number of anilines is 4. The monoisotopic (exact) mass is 586 g/mol. The van der Waals surface area contributed by atoms with E-state index in [1.165, 1.54) is 0 Å². The zero-order valence-corrected chi connectivity index (χ0v) is 24.7. The summed E-state index contributed by atoms with van der Waals surface area (Å²) in [7, 11) is 0. The second kappa shape index (κ2) is 12.9. The highest BCUT2D eigenvalue weighted by Crippen LogP contribution is 2.26. The van der Waals surface area contributed by atoms with Gasteiger partial charge in [0, 0.05) is 48.7 Å². The molecule has 2 atom stereocenters. The number of ether oxygens (including phenoxy) is 2. The molecule has 0 aliphatic carbocycles. The number of rotatable bonds is 6. The molecule has 6 rings (SSSR count). The summed E-state index contributed by atoms with van der Waals surface area (Å²) in [5.74, 6) is 1.86. The average Bonchev–Trinajstić information content (AvgIpc) is 3.57. The first kappa shape index (κ1) is 28.8. The van der Waals surface area contributed by atoms with E-state index in [0.717, 1.165) is 31.5 Å². The molecule has 3 aromatic rings. The summed E-state index contributed by atoms with van der Waals surface area (Å²) in [6.45, 7) is 9.71. The zero-order valence-electron chi connectivity index (χ0n) is 24.7. The number of likely N-dealkylation sites (tertiary alicyclic amines) is 1. The summed E-state index contributed by atoms with van der Waals surface area (Å²) in [5.41, 5.74) is 2.67. The standard InChI is InChI=1S/C31H38N8O4/c1-21-19-42-17-15-38(21)29-34-27(35-30(36-29)39-16-18-43-20-22(39)2)23-5-9-25(10-6-23)32-31(41)33-26-11-7-24(8-12-26)28(40)37-13-3-4-14-37/h5-12,21-22H,3-4,13-20H2,1-2H3,(H2,32,33,41)/t21-,22-/m0/s1. The highest BCUT2D eigenvalue weighted by atomic mass is 16.5. The molecular weight excluding hydrogens is 548 g/mol. The van der Waals surface area contributed by atoms with E-state index in [0.29, 0.717) is 74.2 Å². The van der Waals surface area contributed by atoms with E-state index >= 15 is 0 Å². The number of carbonyl (C=O) groups excluding carboxylic acids is 2. The molecule has 0 radical (unpaired) electrons. The first-order chi connectivity index (χ1) is 20.9. The molecule has 4 heterocycles. The Labute approximate surface area is 251 Å². The fourth-order valence-electron chi connectivity index (χ4n) is 5.58. The lowest BCUT2D eigenvalue weighted by Crippen LogP contribution is -2.46. The number of nitrogens with zero attached hydrogens (tertiary/aromatic N) is 6. The van der Waals surface area contributed by atoms with Gasteiger partial charge in [-0.25, -0.2) is 4.79 Å². The fourth-order valence-corrected chi connectivity index (χ4v) is 5.58. The van der Waals surface area contributed by atoms with E-state index < -0.39 is 0 Å². The third kappa shape index (κ3) is 6.70. The predicted molar refractivity (Wildman–Crippen MR) is 165 cm³/mol. The van der Waals surface area contributed by atoms with Gasteiger partial charge in [-0.1, -0.05) is 0 Å². The average molecular weight is 587 g/mol. The van der Waals surface area contributed by atoms with Crippen molar-refractivity contribution in [1.82, 2.24) is 19.9 Å². The van der Waals surface area contributed by atoms with Crippen molar-refractivity contribution in [2.75, 3.05) is 73.0 Å². The third-order valence-corrected chi connectivity index (χ3v) is 8.04. The molecule has 0 bridgehead atoms. The van der Waals surface area contributed by atoms with Crippen LogP contribution in [0.4, 0.5) is 28.1 Å². The molecular formula is C31H38N8O4. The zero-order chi connectivity index (χ0) is 29.8. The number of hydrogen-bond acceptors (Lipinski definition) is 9. The summed E-state index contributed by atoms with van der Waals surface area (Å²) in [5, 5.41) is 5.70. The van der Waals surface area contributed by atoms with Crippen LogP contribution >= 0.6 is 0 Å². The number of morpholine rings is 2. The molecule has 0 saturated carbocycles. The van der Waals surface area contributed by atoms with Gasteiger partial charge in [0.05, 0.1) is 38.5 Å². The largest absolute Gasteiger partial charge is 0.377 e. The molecule has 226 valence electrons. The Balaban J connectivity index is 1.15. The molecule has 3 aliphatic rings. The summed E-state index contributed by atoms with van der Waals surface area (Å²) in [6.07, 6.45) is 2.09. The van der Waals surface area contributed by atoms with Crippen molar-refractivity contribution < 1.29 is 19.1 Å². The van der Waals surface area contributed by atoms with Crippen molar-refractivity contribution in [3.63, 3.8) is 0 Å². The van der Waals surface area contributed by atoms with Crippen molar-refractivity contribution in [3.05, 3.63) is 54.1 Å². The van der Waals surface area contributed by atoms with Gasteiger partial charge in [0.25, 0.3) is 5.91 Å². The molecule has 3 aliphatic heterocycles. The molecule has 2 N–H and O–H groups in total. The lowest BCUT2D eigenvalue weighted by atomic mass is 10.2. The molecule has 0 unspecified atom stereocenters. The van der Waals surface area contributed by atoms with Crippen LogP contribution in [-0.4, -0.2) is 96.5 Å². The maximum Gasteiger partial charge on any atom is 0.323 e. The van der Waals surface area contributed by atoms with E-state index in [1.807, 2.05) is 29.2 Å². The smallest absolute Gasteiger partial charge is 0.323 e. The number of urea groups is 1. The molecule has 2 aromatic carbocycles. The van der Waals surface area contributed by atoms with Crippen molar-refractivity contribution in [1.29, 1.82) is 0 Å². The Kier molecular flexibility index (Phi) is 8.66. The van der Waals surface area contributed by atoms with Crippen molar-refractivity contribution in [2.24, 2.45) is 0 Å². The Morgan fingerprint density at radius 1 is 0.721 bits per heavy atom. The molecule has 0 spiro atoms. The fraction of sp³-hybridized carbons (Fsp3) is 0.452. The molecule has 1 aromatic heterocycles. The topological polar surface area (TPSA) is 125 Å². The van der Waals surface area contributed by atoms with E-state index in [4.69, 9.17) is 24.4 Å². The van der Waals surface area contributed by atoms with Crippen LogP contribution in [0.3, 0.4) is 0 Å². The van der Waals surface area contributed by atoms with Crippen LogP contribution in [0.5, 0.6) is 0 Å². The third-order valence-electron chi connectivity index (χ3n) is 8.04. The van der Waals surface area contributed by atoms with Gasteiger partial charge in [-0.15, -0.1) is 0 Å². The SMILES string of the molecule is C[C@H]1COCCN1c1nc(-c2ccc(NC(=O)Nc3ccc(C(=O)N4CCCC4)cc3)cc2)nc(N2CCOC[C@@H]2C)n1. The lowest BCUT2D eigenvalue weighted by molar-refractivity contribution is 0.0793. The minimum Gasteiger partial charge on any atom is -0.377 e. The van der Waals surface area contributed by atoms with Crippen LogP contribution in [0.1, 0.15) is 37.0 Å². The van der Waals surface area contributed by atoms with Gasteiger partial charge in [-0.2, -0.15) is 15.0 Å². The van der Waals surface area contributed by atoms with Gasteiger partial charge in [0.1, 0.15) is 0 Å². The summed E-state index contributed by atoms with van der Waals surface area (Å²) in [4.78, 5) is 46.1. The number of carbonyl (C=O) groups is 2. The molecule has 12 nitrogen and oxygen atoms in total. The van der Waals surface area contributed by atoms with Crippen LogP contribution in [0.25, 0.3) is 11.4 Å². The second-order valence-electron chi connectivity index (χ2n) is 11.2. The molecule has 12 heteroatoms. The van der Waals surface area contributed by atoms with Crippen LogP contribution < -0.4 is 20.4 Å². The van der Waals surface area contributed by atoms with Crippen LogP contribution in [0.15, 0.2) is 48.5 Å². The Hall–Kier alpha value is -4.29. The van der Waals surface area contributed by atoms with E-state index in [1.54, 1.807) is 24.3 Å². The molecule has 43 heavy (non-hydrogen) atoms. The number of aromatic nitrogens is 3. The molecule has 3 fully saturated rings. The maximum atomic E-state index is 12.7. The normalized spacial score (nSPS) is 20.7. The minimum absolute atomic E-state index is 0.0323.